The third-order valence-electron chi connectivity index (χ3n) is 5.02. The normalized spacial score (nSPS) is 14.1. The Balaban J connectivity index is 1.42. The third-order valence-corrected chi connectivity index (χ3v) is 7.14. The Labute approximate surface area is 171 Å². The van der Waals surface area contributed by atoms with Crippen molar-refractivity contribution >= 4 is 39.1 Å². The van der Waals surface area contributed by atoms with Crippen LogP contribution in [0.5, 0.6) is 0 Å². The molecular weight excluding hydrogens is 388 g/mol. The average Bonchev–Trinajstić information content (AvgIpc) is 3.25. The molecule has 0 saturated heterocycles. The first-order valence-electron chi connectivity index (χ1n) is 9.44. The van der Waals surface area contributed by atoms with Gasteiger partial charge < -0.3 is 5.73 Å². The van der Waals surface area contributed by atoms with Crippen LogP contribution in [0.1, 0.15) is 35.5 Å². The van der Waals surface area contributed by atoms with Crippen LogP contribution in [0.2, 0.25) is 0 Å². The van der Waals surface area contributed by atoms with Crippen LogP contribution in [0.4, 0.5) is 5.82 Å². The Hall–Kier alpha value is -2.45. The first-order valence-corrected chi connectivity index (χ1v) is 11.2. The number of aryl methyl sites for hydroxylation is 2. The zero-order chi connectivity index (χ0) is 18.9. The molecule has 0 atom stereocenters. The van der Waals surface area contributed by atoms with Crippen molar-refractivity contribution in [2.45, 2.75) is 43.0 Å². The lowest BCUT2D eigenvalue weighted by Crippen LogP contribution is -2.01. The lowest BCUT2D eigenvalue weighted by atomic mass is 10.1. The molecule has 4 aromatic rings. The van der Waals surface area contributed by atoms with Gasteiger partial charge in [0.15, 0.2) is 5.16 Å². The SMILES string of the molecule is Nc1nc(CSc2nncn2-c2ccccc2)nc2sc3c(c12)CCCCC3. The smallest absolute Gasteiger partial charge is 0.196 e. The summed E-state index contributed by atoms with van der Waals surface area (Å²) in [5, 5.41) is 10.2. The van der Waals surface area contributed by atoms with Crippen LogP contribution in [-0.2, 0) is 18.6 Å². The molecule has 0 fully saturated rings. The van der Waals surface area contributed by atoms with Crippen LogP contribution in [0.15, 0.2) is 41.8 Å². The van der Waals surface area contributed by atoms with Gasteiger partial charge in [0.2, 0.25) is 0 Å². The van der Waals surface area contributed by atoms with Crippen molar-refractivity contribution in [3.63, 3.8) is 0 Å². The Kier molecular flexibility index (Phi) is 4.74. The molecule has 0 aliphatic heterocycles. The first-order chi connectivity index (χ1) is 13.8. The number of thiophene rings is 1. The van der Waals surface area contributed by atoms with E-state index in [9.17, 15) is 0 Å². The molecule has 3 aromatic heterocycles. The van der Waals surface area contributed by atoms with Crippen molar-refractivity contribution in [1.82, 2.24) is 24.7 Å². The summed E-state index contributed by atoms with van der Waals surface area (Å²) in [6, 6.07) is 10.1. The van der Waals surface area contributed by atoms with E-state index in [0.717, 1.165) is 39.7 Å². The molecular formula is C20H20N6S2. The third kappa shape index (κ3) is 3.27. The Bertz CT molecular complexity index is 1120. The second-order valence-corrected chi connectivity index (χ2v) is 8.90. The number of hydrogen-bond donors (Lipinski definition) is 1. The van der Waals surface area contributed by atoms with Crippen molar-refractivity contribution < 1.29 is 0 Å². The molecule has 0 radical (unpaired) electrons. The zero-order valence-corrected chi connectivity index (χ0v) is 17.0. The van der Waals surface area contributed by atoms with Crippen LogP contribution >= 0.6 is 23.1 Å². The second kappa shape index (κ2) is 7.52. The number of para-hydroxylation sites is 1. The van der Waals surface area contributed by atoms with E-state index in [1.165, 1.54) is 29.7 Å². The van der Waals surface area contributed by atoms with Gasteiger partial charge in [-0.2, -0.15) is 0 Å². The number of nitrogen functional groups attached to an aromatic ring is 1. The van der Waals surface area contributed by atoms with Gasteiger partial charge in [-0.05, 0) is 43.4 Å². The standard InChI is InChI=1S/C20H20N6S2/c21-18-17-14-9-5-2-6-10-15(14)28-19(17)24-16(23-18)11-27-20-25-22-12-26(20)13-7-3-1-4-8-13/h1,3-4,7-8,12H,2,5-6,9-11H2,(H2,21,23,24). The molecule has 1 aliphatic carbocycles. The van der Waals surface area contributed by atoms with E-state index in [2.05, 4.69) is 15.2 Å². The van der Waals surface area contributed by atoms with Crippen molar-refractivity contribution in [3.8, 4) is 5.69 Å². The fourth-order valence-corrected chi connectivity index (χ4v) is 5.76. The number of benzene rings is 1. The van der Waals surface area contributed by atoms with E-state index in [0.29, 0.717) is 11.6 Å². The van der Waals surface area contributed by atoms with Crippen molar-refractivity contribution in [2.24, 2.45) is 0 Å². The molecule has 142 valence electrons. The van der Waals surface area contributed by atoms with Crippen molar-refractivity contribution in [1.29, 1.82) is 0 Å². The summed E-state index contributed by atoms with van der Waals surface area (Å²) in [4.78, 5) is 11.9. The van der Waals surface area contributed by atoms with E-state index in [4.69, 9.17) is 10.7 Å². The highest BCUT2D eigenvalue weighted by Crippen LogP contribution is 2.37. The molecule has 0 spiro atoms. The molecule has 0 bridgehead atoms. The van der Waals surface area contributed by atoms with Crippen LogP contribution in [-0.4, -0.2) is 24.7 Å². The summed E-state index contributed by atoms with van der Waals surface area (Å²) in [6.07, 6.45) is 7.74. The van der Waals surface area contributed by atoms with Crippen LogP contribution in [0, 0.1) is 0 Å². The van der Waals surface area contributed by atoms with E-state index in [1.807, 2.05) is 34.9 Å². The molecule has 0 amide bonds. The molecule has 3 heterocycles. The zero-order valence-electron chi connectivity index (χ0n) is 15.3. The molecule has 1 aromatic carbocycles. The maximum atomic E-state index is 6.36. The number of thioether (sulfide) groups is 1. The summed E-state index contributed by atoms with van der Waals surface area (Å²) in [6.45, 7) is 0. The van der Waals surface area contributed by atoms with E-state index >= 15 is 0 Å². The van der Waals surface area contributed by atoms with Gasteiger partial charge in [-0.1, -0.05) is 36.4 Å². The molecule has 2 N–H and O–H groups in total. The lowest BCUT2D eigenvalue weighted by molar-refractivity contribution is 0.713. The second-order valence-electron chi connectivity index (χ2n) is 6.88. The van der Waals surface area contributed by atoms with Gasteiger partial charge in [0.05, 0.1) is 11.1 Å². The van der Waals surface area contributed by atoms with Crippen molar-refractivity contribution in [2.75, 3.05) is 5.73 Å². The van der Waals surface area contributed by atoms with Crippen LogP contribution in [0.25, 0.3) is 15.9 Å². The summed E-state index contributed by atoms with van der Waals surface area (Å²) in [5.41, 5.74) is 8.78. The lowest BCUT2D eigenvalue weighted by Gasteiger charge is -2.06. The maximum Gasteiger partial charge on any atom is 0.196 e. The number of anilines is 1. The van der Waals surface area contributed by atoms with Gasteiger partial charge >= 0.3 is 0 Å². The van der Waals surface area contributed by atoms with Crippen molar-refractivity contribution in [3.05, 3.63) is 52.9 Å². The molecule has 0 saturated carbocycles. The summed E-state index contributed by atoms with van der Waals surface area (Å²) >= 11 is 3.36. The number of rotatable bonds is 4. The van der Waals surface area contributed by atoms with Gasteiger partial charge in [0.25, 0.3) is 0 Å². The number of nitrogens with zero attached hydrogens (tertiary/aromatic N) is 5. The first kappa shape index (κ1) is 17.6. The Morgan fingerprint density at radius 3 is 2.82 bits per heavy atom. The van der Waals surface area contributed by atoms with Crippen LogP contribution in [0.3, 0.4) is 0 Å². The molecule has 0 unspecified atom stereocenters. The number of hydrogen-bond acceptors (Lipinski definition) is 7. The number of aromatic nitrogens is 5. The highest BCUT2D eigenvalue weighted by atomic mass is 32.2. The van der Waals surface area contributed by atoms with E-state index in [-0.39, 0.29) is 0 Å². The molecule has 8 heteroatoms. The minimum Gasteiger partial charge on any atom is -0.383 e. The Morgan fingerprint density at radius 1 is 1.07 bits per heavy atom. The summed E-state index contributed by atoms with van der Waals surface area (Å²) < 4.78 is 1.97. The summed E-state index contributed by atoms with van der Waals surface area (Å²) in [7, 11) is 0. The average molecular weight is 409 g/mol. The fraction of sp³-hybridized carbons (Fsp3) is 0.300. The topological polar surface area (TPSA) is 82.5 Å². The molecule has 5 rings (SSSR count). The maximum absolute atomic E-state index is 6.36. The quantitative estimate of drug-likeness (QED) is 0.398. The van der Waals surface area contributed by atoms with Gasteiger partial charge in [-0.15, -0.1) is 21.5 Å². The van der Waals surface area contributed by atoms with Gasteiger partial charge in [-0.3, -0.25) is 4.57 Å². The Morgan fingerprint density at radius 2 is 1.93 bits per heavy atom. The molecule has 1 aliphatic rings. The molecule has 28 heavy (non-hydrogen) atoms. The molecule has 6 nitrogen and oxygen atoms in total. The number of nitrogens with two attached hydrogens (primary N) is 1. The van der Waals surface area contributed by atoms with Gasteiger partial charge in [0.1, 0.15) is 22.8 Å². The number of fused-ring (bicyclic) bond motifs is 3. The van der Waals surface area contributed by atoms with Gasteiger partial charge in [0, 0.05) is 10.6 Å². The minimum absolute atomic E-state index is 0.605. The van der Waals surface area contributed by atoms with Gasteiger partial charge in [-0.25, -0.2) is 9.97 Å². The van der Waals surface area contributed by atoms with E-state index in [1.54, 1.807) is 29.4 Å². The fourth-order valence-electron chi connectivity index (χ4n) is 3.69. The van der Waals surface area contributed by atoms with Crippen LogP contribution < -0.4 is 5.73 Å². The largest absolute Gasteiger partial charge is 0.383 e. The highest BCUT2D eigenvalue weighted by Gasteiger charge is 2.19. The minimum atomic E-state index is 0.605. The monoisotopic (exact) mass is 408 g/mol. The summed E-state index contributed by atoms with van der Waals surface area (Å²) in [5.74, 6) is 1.97. The highest BCUT2D eigenvalue weighted by molar-refractivity contribution is 7.98. The predicted molar refractivity (Wildman–Crippen MR) is 114 cm³/mol. The van der Waals surface area contributed by atoms with E-state index < -0.39 is 0 Å². The predicted octanol–water partition coefficient (Wildman–Crippen LogP) is 4.42.